The zero-order valence-corrected chi connectivity index (χ0v) is 21.4. The van der Waals surface area contributed by atoms with E-state index in [-0.39, 0.29) is 29.6 Å². The third-order valence-corrected chi connectivity index (χ3v) is 7.37. The van der Waals surface area contributed by atoms with Crippen molar-refractivity contribution in [2.75, 3.05) is 24.8 Å². The summed E-state index contributed by atoms with van der Waals surface area (Å²) in [4.78, 5) is 21.7. The highest BCUT2D eigenvalue weighted by molar-refractivity contribution is 7.90. The molecule has 9 nitrogen and oxygen atoms in total. The number of rotatable bonds is 7. The van der Waals surface area contributed by atoms with Gasteiger partial charge in [-0.05, 0) is 49.2 Å². The van der Waals surface area contributed by atoms with Crippen LogP contribution in [-0.2, 0) is 27.5 Å². The summed E-state index contributed by atoms with van der Waals surface area (Å²) in [5, 5.41) is 3.17. The zero-order valence-electron chi connectivity index (χ0n) is 20.5. The van der Waals surface area contributed by atoms with Crippen LogP contribution in [0, 0.1) is 12.7 Å². The maximum absolute atomic E-state index is 14.7. The summed E-state index contributed by atoms with van der Waals surface area (Å²) in [5.41, 5.74) is 3.82. The number of nitrogens with one attached hydrogen (secondary N) is 1. The summed E-state index contributed by atoms with van der Waals surface area (Å²) in [6.45, 7) is 4.34. The largest absolute Gasteiger partial charge is 0.493 e. The Morgan fingerprint density at radius 1 is 1.24 bits per heavy atom. The number of aromatic nitrogens is 3. The van der Waals surface area contributed by atoms with E-state index in [1.54, 1.807) is 42.6 Å². The second-order valence-corrected chi connectivity index (χ2v) is 10.8. The van der Waals surface area contributed by atoms with E-state index in [4.69, 9.17) is 9.47 Å². The van der Waals surface area contributed by atoms with E-state index in [2.05, 4.69) is 15.3 Å². The van der Waals surface area contributed by atoms with Gasteiger partial charge in [-0.25, -0.2) is 27.6 Å². The van der Waals surface area contributed by atoms with E-state index < -0.39 is 15.8 Å². The number of hydrogen-bond donors (Lipinski definition) is 1. The van der Waals surface area contributed by atoms with Crippen molar-refractivity contribution in [3.8, 4) is 16.9 Å². The molecular weight excluding hydrogens is 499 g/mol. The van der Waals surface area contributed by atoms with E-state index >= 15 is 0 Å². The maximum Gasteiger partial charge on any atom is 0.358 e. The summed E-state index contributed by atoms with van der Waals surface area (Å²) in [6.07, 6.45) is 4.88. The van der Waals surface area contributed by atoms with Crippen molar-refractivity contribution in [3.63, 3.8) is 0 Å². The molecule has 0 atom stereocenters. The Labute approximate surface area is 213 Å². The van der Waals surface area contributed by atoms with Gasteiger partial charge in [-0.1, -0.05) is 6.07 Å². The third-order valence-electron chi connectivity index (χ3n) is 6.26. The van der Waals surface area contributed by atoms with Crippen molar-refractivity contribution in [2.45, 2.75) is 31.7 Å². The number of carbonyl (C=O) groups is 1. The van der Waals surface area contributed by atoms with Gasteiger partial charge in [-0.3, -0.25) is 4.40 Å². The van der Waals surface area contributed by atoms with Crippen molar-refractivity contribution in [2.24, 2.45) is 0 Å². The Bertz CT molecular complexity index is 1650. The van der Waals surface area contributed by atoms with Gasteiger partial charge in [0.05, 0.1) is 18.1 Å². The van der Waals surface area contributed by atoms with Crippen molar-refractivity contribution in [1.82, 2.24) is 14.4 Å². The lowest BCUT2D eigenvalue weighted by Crippen LogP contribution is -2.10. The number of carbonyl (C=O) groups excluding carboxylic acids is 1. The topological polar surface area (TPSA) is 112 Å². The molecule has 0 saturated carbocycles. The lowest BCUT2D eigenvalue weighted by atomic mass is 10.0. The molecule has 0 amide bonds. The highest BCUT2D eigenvalue weighted by atomic mass is 32.2. The van der Waals surface area contributed by atoms with Gasteiger partial charge in [0.25, 0.3) is 0 Å². The molecule has 0 fully saturated rings. The number of benzene rings is 2. The molecule has 192 valence electrons. The highest BCUT2D eigenvalue weighted by Crippen LogP contribution is 2.32. The second kappa shape index (κ2) is 9.47. The number of nitrogens with zero attached hydrogens (tertiary/aromatic N) is 3. The minimum atomic E-state index is -3.38. The number of sulfone groups is 1. The first kappa shape index (κ1) is 24.7. The van der Waals surface area contributed by atoms with Crippen LogP contribution in [-0.4, -0.2) is 48.2 Å². The Morgan fingerprint density at radius 3 is 2.78 bits per heavy atom. The number of halogens is 1. The molecule has 37 heavy (non-hydrogen) atoms. The molecule has 0 aliphatic carbocycles. The molecule has 1 aliphatic heterocycles. The van der Waals surface area contributed by atoms with Crippen LogP contribution in [0.25, 0.3) is 16.8 Å². The molecule has 0 bridgehead atoms. The fourth-order valence-electron chi connectivity index (χ4n) is 4.44. The lowest BCUT2D eigenvalue weighted by Gasteiger charge is -2.14. The molecule has 5 rings (SSSR count). The van der Waals surface area contributed by atoms with Crippen molar-refractivity contribution < 1.29 is 27.1 Å². The van der Waals surface area contributed by atoms with Gasteiger partial charge in [-0.2, -0.15) is 0 Å². The molecule has 0 saturated heterocycles. The maximum atomic E-state index is 14.7. The van der Waals surface area contributed by atoms with Crippen molar-refractivity contribution >= 4 is 27.4 Å². The monoisotopic (exact) mass is 524 g/mol. The smallest absolute Gasteiger partial charge is 0.358 e. The molecule has 11 heteroatoms. The van der Waals surface area contributed by atoms with E-state index in [1.165, 1.54) is 18.3 Å². The number of aryl methyl sites for hydroxylation is 1. The van der Waals surface area contributed by atoms with E-state index in [0.29, 0.717) is 52.6 Å². The fourth-order valence-corrected chi connectivity index (χ4v) is 5.15. The number of anilines is 1. The van der Waals surface area contributed by atoms with E-state index in [9.17, 15) is 17.6 Å². The van der Waals surface area contributed by atoms with Crippen LogP contribution in [0.4, 0.5) is 10.3 Å². The fraction of sp³-hybridized carbons (Fsp3) is 0.269. The summed E-state index contributed by atoms with van der Waals surface area (Å²) in [5.74, 6) is 0.0930. The lowest BCUT2D eigenvalue weighted by molar-refractivity contribution is 0.0520. The summed E-state index contributed by atoms with van der Waals surface area (Å²) in [6, 6.07) is 7.81. The number of ether oxygens (including phenoxy) is 2. The van der Waals surface area contributed by atoms with Gasteiger partial charge < -0.3 is 14.8 Å². The third kappa shape index (κ3) is 4.62. The highest BCUT2D eigenvalue weighted by Gasteiger charge is 2.22. The molecule has 1 aliphatic rings. The van der Waals surface area contributed by atoms with Crippen LogP contribution in [0.2, 0.25) is 0 Å². The molecule has 2 aromatic heterocycles. The minimum absolute atomic E-state index is 0.0877. The van der Waals surface area contributed by atoms with Gasteiger partial charge >= 0.3 is 5.97 Å². The molecular formula is C26H25FN4O5S. The first-order valence-electron chi connectivity index (χ1n) is 11.7. The number of fused-ring (bicyclic) bond motifs is 2. The van der Waals surface area contributed by atoms with E-state index in [1.807, 2.05) is 0 Å². The minimum Gasteiger partial charge on any atom is -0.493 e. The Morgan fingerprint density at radius 2 is 2.05 bits per heavy atom. The van der Waals surface area contributed by atoms with Crippen LogP contribution >= 0.6 is 0 Å². The van der Waals surface area contributed by atoms with Crippen LogP contribution in [0.15, 0.2) is 47.6 Å². The molecule has 0 radical (unpaired) electrons. The van der Waals surface area contributed by atoms with Crippen LogP contribution in [0.5, 0.6) is 5.75 Å². The Hall–Kier alpha value is -3.99. The van der Waals surface area contributed by atoms with Gasteiger partial charge in [0.15, 0.2) is 15.5 Å². The first-order valence-corrected chi connectivity index (χ1v) is 13.6. The molecule has 2 aromatic carbocycles. The van der Waals surface area contributed by atoms with Crippen LogP contribution < -0.4 is 10.1 Å². The van der Waals surface area contributed by atoms with Crippen molar-refractivity contribution in [1.29, 1.82) is 0 Å². The average Bonchev–Trinajstić information content (AvgIpc) is 3.51. The van der Waals surface area contributed by atoms with Gasteiger partial charge in [0.1, 0.15) is 17.2 Å². The first-order chi connectivity index (χ1) is 17.7. The molecule has 3 heterocycles. The predicted octanol–water partition coefficient (Wildman–Crippen LogP) is 3.97. The van der Waals surface area contributed by atoms with Gasteiger partial charge in [-0.15, -0.1) is 0 Å². The average molecular weight is 525 g/mol. The zero-order chi connectivity index (χ0) is 26.3. The summed E-state index contributed by atoms with van der Waals surface area (Å²) in [7, 11) is -3.38. The Balaban J connectivity index is 1.59. The molecule has 0 unspecified atom stereocenters. The normalized spacial score (nSPS) is 12.9. The second-order valence-electron chi connectivity index (χ2n) is 8.74. The van der Waals surface area contributed by atoms with Gasteiger partial charge in [0.2, 0.25) is 5.95 Å². The number of imidazole rings is 1. The van der Waals surface area contributed by atoms with Crippen LogP contribution in [0.1, 0.15) is 34.1 Å². The number of esters is 1. The SMILES string of the molecule is CCOC(=O)c1cn2c(NCc3c(F)ccc4c3CCO4)ncc(-c3ccc(S(C)(=O)=O)cc3C)c2n1. The molecule has 0 spiro atoms. The summed E-state index contributed by atoms with van der Waals surface area (Å²) >= 11 is 0. The molecule has 4 aromatic rings. The summed E-state index contributed by atoms with van der Waals surface area (Å²) < 4.78 is 50.9. The Kier molecular flexibility index (Phi) is 6.32. The predicted molar refractivity (Wildman–Crippen MR) is 135 cm³/mol. The molecule has 1 N–H and O–H groups in total. The quantitative estimate of drug-likeness (QED) is 0.362. The van der Waals surface area contributed by atoms with Crippen LogP contribution in [0.3, 0.4) is 0 Å². The standard InChI is InChI=1S/C26H25FN4O5S/c1-4-35-25(32)22-14-31-24(30-22)20(17-6-5-16(11-15(17)2)37(3,33)34)13-29-26(31)28-12-19-18-9-10-36-23(18)8-7-21(19)27/h5-8,11,13-14H,4,9-10,12H2,1-3H3,(H,28,29). The van der Waals surface area contributed by atoms with Crippen molar-refractivity contribution in [3.05, 3.63) is 70.9 Å². The number of hydrogen-bond acceptors (Lipinski definition) is 8. The van der Waals surface area contributed by atoms with Gasteiger partial charge in [0, 0.05) is 48.3 Å². The van der Waals surface area contributed by atoms with E-state index in [0.717, 1.165) is 11.8 Å².